The fraction of sp³-hybridized carbons (Fsp3) is 0.450. The summed E-state index contributed by atoms with van der Waals surface area (Å²) in [5.74, 6) is 2.01. The lowest BCUT2D eigenvalue weighted by Crippen LogP contribution is -2.49. The van der Waals surface area contributed by atoms with E-state index in [0.29, 0.717) is 50.0 Å². The number of amides is 1. The number of furan rings is 1. The van der Waals surface area contributed by atoms with E-state index in [1.807, 2.05) is 18.2 Å². The van der Waals surface area contributed by atoms with Gasteiger partial charge in [0, 0.05) is 39.0 Å². The van der Waals surface area contributed by atoms with Crippen molar-refractivity contribution in [2.75, 3.05) is 51.8 Å². The minimum atomic E-state index is -2.98. The number of nitrogens with zero attached hydrogens (tertiary/aromatic N) is 2. The molecule has 2 aromatic rings. The Morgan fingerprint density at radius 1 is 1.07 bits per heavy atom. The summed E-state index contributed by atoms with van der Waals surface area (Å²) in [5.41, 5.74) is 0. The first-order valence-corrected chi connectivity index (χ1v) is 11.5. The molecule has 1 aliphatic heterocycles. The minimum absolute atomic E-state index is 0.134. The first kappa shape index (κ1) is 21.2. The standard InChI is InChI=1S/C20H26N2O6S/c1-26-17-5-3-4-6-18(17)27-15-16-7-8-19(28-16)20(23)22-11-9-21(10-12-22)13-14-29(2,24)25/h3-8H,9-15H2,1-2H3. The lowest BCUT2D eigenvalue weighted by atomic mass is 10.3. The highest BCUT2D eigenvalue weighted by Crippen LogP contribution is 2.27. The summed E-state index contributed by atoms with van der Waals surface area (Å²) in [6, 6.07) is 10.7. The molecule has 0 N–H and O–H groups in total. The van der Waals surface area contributed by atoms with E-state index in [9.17, 15) is 13.2 Å². The first-order valence-electron chi connectivity index (χ1n) is 9.39. The maximum absolute atomic E-state index is 12.7. The van der Waals surface area contributed by atoms with Crippen molar-refractivity contribution in [1.29, 1.82) is 0 Å². The molecule has 2 heterocycles. The van der Waals surface area contributed by atoms with Crippen LogP contribution in [0.15, 0.2) is 40.8 Å². The van der Waals surface area contributed by atoms with Gasteiger partial charge in [0.15, 0.2) is 17.3 Å². The fourth-order valence-corrected chi connectivity index (χ4v) is 3.67. The zero-order valence-corrected chi connectivity index (χ0v) is 17.5. The molecule has 0 bridgehead atoms. The molecular weight excluding hydrogens is 396 g/mol. The van der Waals surface area contributed by atoms with Crippen LogP contribution in [0.25, 0.3) is 0 Å². The number of para-hydroxylation sites is 2. The van der Waals surface area contributed by atoms with Crippen molar-refractivity contribution in [2.45, 2.75) is 6.61 Å². The number of methoxy groups -OCH3 is 1. The number of benzene rings is 1. The third-order valence-electron chi connectivity index (χ3n) is 4.75. The fourth-order valence-electron chi connectivity index (χ4n) is 3.08. The van der Waals surface area contributed by atoms with E-state index in [1.165, 1.54) is 6.26 Å². The van der Waals surface area contributed by atoms with Gasteiger partial charge in [-0.05, 0) is 24.3 Å². The Balaban J connectivity index is 1.51. The third-order valence-corrected chi connectivity index (χ3v) is 5.67. The highest BCUT2D eigenvalue weighted by Gasteiger charge is 2.24. The van der Waals surface area contributed by atoms with Gasteiger partial charge in [-0.15, -0.1) is 0 Å². The van der Waals surface area contributed by atoms with Crippen LogP contribution < -0.4 is 9.47 Å². The summed E-state index contributed by atoms with van der Waals surface area (Å²) in [4.78, 5) is 16.4. The van der Waals surface area contributed by atoms with Gasteiger partial charge < -0.3 is 18.8 Å². The molecule has 0 aliphatic carbocycles. The molecule has 1 aromatic heterocycles. The van der Waals surface area contributed by atoms with Gasteiger partial charge in [-0.1, -0.05) is 12.1 Å². The van der Waals surface area contributed by atoms with E-state index in [-0.39, 0.29) is 24.0 Å². The van der Waals surface area contributed by atoms with Crippen LogP contribution in [0.2, 0.25) is 0 Å². The number of carbonyl (C=O) groups is 1. The highest BCUT2D eigenvalue weighted by molar-refractivity contribution is 7.90. The Kier molecular flexibility index (Phi) is 6.81. The Bertz CT molecular complexity index is 932. The molecule has 158 valence electrons. The summed E-state index contributed by atoms with van der Waals surface area (Å²) < 4.78 is 39.2. The molecule has 0 radical (unpaired) electrons. The molecule has 9 heteroatoms. The van der Waals surface area contributed by atoms with E-state index in [4.69, 9.17) is 13.9 Å². The average molecular weight is 423 g/mol. The minimum Gasteiger partial charge on any atom is -0.493 e. The van der Waals surface area contributed by atoms with Crippen molar-refractivity contribution in [3.8, 4) is 11.5 Å². The van der Waals surface area contributed by atoms with Crippen LogP contribution in [-0.2, 0) is 16.4 Å². The van der Waals surface area contributed by atoms with Crippen LogP contribution in [0.3, 0.4) is 0 Å². The SMILES string of the molecule is COc1ccccc1OCc1ccc(C(=O)N2CCN(CCS(C)(=O)=O)CC2)o1. The smallest absolute Gasteiger partial charge is 0.289 e. The third kappa shape index (κ3) is 5.98. The van der Waals surface area contributed by atoms with Gasteiger partial charge in [0.2, 0.25) is 0 Å². The van der Waals surface area contributed by atoms with Crippen LogP contribution in [0.1, 0.15) is 16.3 Å². The molecular formula is C20H26N2O6S. The Morgan fingerprint density at radius 2 is 1.76 bits per heavy atom. The lowest BCUT2D eigenvalue weighted by molar-refractivity contribution is 0.0609. The van der Waals surface area contributed by atoms with Gasteiger partial charge in [0.25, 0.3) is 5.91 Å². The van der Waals surface area contributed by atoms with Gasteiger partial charge in [-0.3, -0.25) is 9.69 Å². The zero-order valence-electron chi connectivity index (χ0n) is 16.7. The predicted molar refractivity (Wildman–Crippen MR) is 108 cm³/mol. The monoisotopic (exact) mass is 422 g/mol. The van der Waals surface area contributed by atoms with Gasteiger partial charge >= 0.3 is 0 Å². The summed E-state index contributed by atoms with van der Waals surface area (Å²) >= 11 is 0. The number of sulfone groups is 1. The van der Waals surface area contributed by atoms with E-state index in [1.54, 1.807) is 30.2 Å². The number of carbonyl (C=O) groups excluding carboxylic acids is 1. The predicted octanol–water partition coefficient (Wildman–Crippen LogP) is 1.67. The molecule has 1 aliphatic rings. The Hall–Kier alpha value is -2.52. The van der Waals surface area contributed by atoms with Gasteiger partial charge in [0.1, 0.15) is 22.2 Å². The molecule has 1 saturated heterocycles. The summed E-state index contributed by atoms with van der Waals surface area (Å²) in [6.07, 6.45) is 1.23. The number of hydrogen-bond acceptors (Lipinski definition) is 7. The van der Waals surface area contributed by atoms with E-state index >= 15 is 0 Å². The second kappa shape index (κ2) is 9.32. The van der Waals surface area contributed by atoms with Crippen LogP contribution in [0.5, 0.6) is 11.5 Å². The van der Waals surface area contributed by atoms with Gasteiger partial charge in [-0.2, -0.15) is 0 Å². The van der Waals surface area contributed by atoms with Crippen LogP contribution in [-0.4, -0.2) is 76.0 Å². The van der Waals surface area contributed by atoms with Crippen molar-refractivity contribution in [3.63, 3.8) is 0 Å². The van der Waals surface area contributed by atoms with Crippen LogP contribution in [0.4, 0.5) is 0 Å². The van der Waals surface area contributed by atoms with Gasteiger partial charge in [-0.25, -0.2) is 8.42 Å². The maximum atomic E-state index is 12.7. The van der Waals surface area contributed by atoms with Crippen molar-refractivity contribution < 1.29 is 27.1 Å². The molecule has 0 atom stereocenters. The molecule has 0 spiro atoms. The molecule has 1 aromatic carbocycles. The van der Waals surface area contributed by atoms with E-state index in [2.05, 4.69) is 4.90 Å². The van der Waals surface area contributed by atoms with Crippen molar-refractivity contribution in [3.05, 3.63) is 47.9 Å². The van der Waals surface area contributed by atoms with E-state index in [0.717, 1.165) is 0 Å². The summed E-state index contributed by atoms with van der Waals surface area (Å²) in [5, 5.41) is 0. The molecule has 1 fully saturated rings. The molecule has 0 saturated carbocycles. The number of rotatable bonds is 8. The molecule has 29 heavy (non-hydrogen) atoms. The van der Waals surface area contributed by atoms with E-state index < -0.39 is 9.84 Å². The molecule has 1 amide bonds. The first-order chi connectivity index (χ1) is 13.9. The lowest BCUT2D eigenvalue weighted by Gasteiger charge is -2.34. The molecule has 0 unspecified atom stereocenters. The maximum Gasteiger partial charge on any atom is 0.289 e. The number of piperazine rings is 1. The number of hydrogen-bond donors (Lipinski definition) is 0. The summed E-state index contributed by atoms with van der Waals surface area (Å²) in [6.45, 7) is 3.04. The molecule has 3 rings (SSSR count). The Labute approximate surface area is 170 Å². The topological polar surface area (TPSA) is 89.3 Å². The largest absolute Gasteiger partial charge is 0.493 e. The van der Waals surface area contributed by atoms with Crippen molar-refractivity contribution in [1.82, 2.24) is 9.80 Å². The Morgan fingerprint density at radius 3 is 2.41 bits per heavy atom. The zero-order chi connectivity index (χ0) is 20.9. The quantitative estimate of drug-likeness (QED) is 0.639. The number of ether oxygens (including phenoxy) is 2. The van der Waals surface area contributed by atoms with Crippen molar-refractivity contribution in [2.24, 2.45) is 0 Å². The second-order valence-corrected chi connectivity index (χ2v) is 9.23. The average Bonchev–Trinajstić information content (AvgIpc) is 3.19. The van der Waals surface area contributed by atoms with Gasteiger partial charge in [0.05, 0.1) is 12.9 Å². The summed E-state index contributed by atoms with van der Waals surface area (Å²) in [7, 11) is -1.40. The van der Waals surface area contributed by atoms with Crippen LogP contribution >= 0.6 is 0 Å². The normalized spacial score (nSPS) is 15.3. The molecule has 8 nitrogen and oxygen atoms in total. The van der Waals surface area contributed by atoms with Crippen molar-refractivity contribution >= 4 is 15.7 Å². The second-order valence-electron chi connectivity index (χ2n) is 6.97. The highest BCUT2D eigenvalue weighted by atomic mass is 32.2. The van der Waals surface area contributed by atoms with Crippen LogP contribution in [0, 0.1) is 0 Å².